The van der Waals surface area contributed by atoms with E-state index in [-0.39, 0.29) is 6.42 Å². The topological polar surface area (TPSA) is 26.0 Å². The smallest absolute Gasteiger partial charge is 0.394 e. The molecule has 5 rings (SSSR count). The monoisotopic (exact) mass is 559 g/mol. The van der Waals surface area contributed by atoms with Crippen LogP contribution in [0, 0.1) is 12.3 Å². The minimum Gasteiger partial charge on any atom is -0.463 e. The summed E-state index contributed by atoms with van der Waals surface area (Å²) in [5.74, 6) is 0.356. The molecule has 0 amide bonds. The predicted octanol–water partition coefficient (Wildman–Crippen LogP) is 9.03. The van der Waals surface area contributed by atoms with Crippen LogP contribution < -0.4 is 10.6 Å². The number of hydrogen-bond donors (Lipinski definition) is 0. The van der Waals surface area contributed by atoms with E-state index in [1.54, 1.807) is 0 Å². The number of aromatic nitrogens is 1. The summed E-state index contributed by atoms with van der Waals surface area (Å²) in [6.45, 7) is 13.5. The lowest BCUT2D eigenvalue weighted by molar-refractivity contribution is -0.211. The van der Waals surface area contributed by atoms with E-state index < -0.39 is 19.7 Å². The summed E-state index contributed by atoms with van der Waals surface area (Å²) in [5, 5.41) is 5.55. The van der Waals surface area contributed by atoms with E-state index in [4.69, 9.17) is 9.40 Å². The van der Waals surface area contributed by atoms with Gasteiger partial charge in [-0.05, 0) is 64.9 Å². The van der Waals surface area contributed by atoms with Crippen molar-refractivity contribution in [1.29, 1.82) is 0 Å². The number of furan rings is 1. The van der Waals surface area contributed by atoms with Gasteiger partial charge in [0.05, 0.1) is 10.8 Å². The Hall–Kier alpha value is -3.38. The molecular formula is C34H36F3NOSi. The molecule has 0 aliphatic carbocycles. The Morgan fingerprint density at radius 1 is 0.900 bits per heavy atom. The van der Waals surface area contributed by atoms with E-state index in [1.807, 2.05) is 36.5 Å². The third kappa shape index (κ3) is 4.87. The molecule has 2 nitrogen and oxygen atoms in total. The zero-order valence-corrected chi connectivity index (χ0v) is 25.2. The minimum absolute atomic E-state index is 0.0540. The normalized spacial score (nSPS) is 13.1. The van der Waals surface area contributed by atoms with Gasteiger partial charge in [-0.25, -0.2) is 0 Å². The second kappa shape index (κ2) is 9.91. The van der Waals surface area contributed by atoms with Crippen LogP contribution in [0.2, 0.25) is 13.1 Å². The SMILES string of the molecule is Cc1c([Si](C)(C)c2ccc(CC(C)(C)C(F)(F)F)cc2)oc2c(-c3cc(C(C)C)c4ccccc4c3)nccc12. The van der Waals surface area contributed by atoms with Crippen molar-refractivity contribution in [2.24, 2.45) is 5.41 Å². The number of benzene rings is 3. The molecule has 0 saturated heterocycles. The average Bonchev–Trinajstić information content (AvgIpc) is 3.24. The summed E-state index contributed by atoms with van der Waals surface area (Å²) >= 11 is 0. The van der Waals surface area contributed by atoms with Crippen molar-refractivity contribution in [1.82, 2.24) is 4.98 Å². The average molecular weight is 560 g/mol. The molecule has 0 aliphatic rings. The van der Waals surface area contributed by atoms with Crippen LogP contribution in [0.3, 0.4) is 0 Å². The van der Waals surface area contributed by atoms with E-state index in [2.05, 4.69) is 70.3 Å². The molecule has 0 bridgehead atoms. The second-order valence-electron chi connectivity index (χ2n) is 12.4. The van der Waals surface area contributed by atoms with Gasteiger partial charge in [0.2, 0.25) is 0 Å². The van der Waals surface area contributed by atoms with Crippen molar-refractivity contribution in [3.63, 3.8) is 0 Å². The van der Waals surface area contributed by atoms with Crippen LogP contribution in [-0.2, 0) is 6.42 Å². The maximum atomic E-state index is 13.4. The quantitative estimate of drug-likeness (QED) is 0.194. The van der Waals surface area contributed by atoms with Gasteiger partial charge in [0.25, 0.3) is 0 Å². The second-order valence-corrected chi connectivity index (χ2v) is 16.7. The largest absolute Gasteiger partial charge is 0.463 e. The molecule has 0 spiro atoms. The van der Waals surface area contributed by atoms with E-state index in [0.29, 0.717) is 11.5 Å². The number of nitrogens with zero attached hydrogens (tertiary/aromatic N) is 1. The van der Waals surface area contributed by atoms with Crippen LogP contribution in [0.25, 0.3) is 33.0 Å². The minimum atomic E-state index is -4.25. The molecule has 2 aromatic heterocycles. The summed E-state index contributed by atoms with van der Waals surface area (Å²) < 4.78 is 47.0. The molecule has 0 atom stereocenters. The van der Waals surface area contributed by atoms with E-state index in [0.717, 1.165) is 38.4 Å². The van der Waals surface area contributed by atoms with Crippen LogP contribution in [0.15, 0.2) is 77.3 Å². The van der Waals surface area contributed by atoms with Gasteiger partial charge >= 0.3 is 6.18 Å². The third-order valence-electron chi connectivity index (χ3n) is 8.30. The number of hydrogen-bond acceptors (Lipinski definition) is 2. The van der Waals surface area contributed by atoms with Gasteiger partial charge in [-0.1, -0.05) is 94.5 Å². The van der Waals surface area contributed by atoms with Crippen molar-refractivity contribution in [3.8, 4) is 11.3 Å². The molecule has 0 N–H and O–H groups in total. The van der Waals surface area contributed by atoms with Crippen LogP contribution in [0.5, 0.6) is 0 Å². The van der Waals surface area contributed by atoms with Crippen molar-refractivity contribution in [2.75, 3.05) is 0 Å². The first kappa shape index (κ1) is 28.2. The Kier molecular flexibility index (Phi) is 6.98. The fourth-order valence-electron chi connectivity index (χ4n) is 5.69. The van der Waals surface area contributed by atoms with Crippen LogP contribution in [-0.4, -0.2) is 19.2 Å². The first-order valence-electron chi connectivity index (χ1n) is 13.8. The Morgan fingerprint density at radius 2 is 1.57 bits per heavy atom. The lowest BCUT2D eigenvalue weighted by Crippen LogP contribution is -2.53. The van der Waals surface area contributed by atoms with Crippen molar-refractivity contribution >= 4 is 40.4 Å². The molecule has 2 heterocycles. The molecule has 5 aromatic rings. The first-order valence-corrected chi connectivity index (χ1v) is 16.8. The van der Waals surface area contributed by atoms with Gasteiger partial charge in [-0.3, -0.25) is 4.98 Å². The highest BCUT2D eigenvalue weighted by Crippen LogP contribution is 2.40. The van der Waals surface area contributed by atoms with Gasteiger partial charge in [0.1, 0.15) is 5.69 Å². The summed E-state index contributed by atoms with van der Waals surface area (Å²) in [5.41, 5.74) is 3.92. The standard InChI is InChI=1S/C34H36F3NOSi/c1-21(2)29-19-25(18-24-10-8-9-11-28(24)29)30-31-27(16-17-38-30)22(3)32(39-31)40(6,7)26-14-12-23(13-15-26)20-33(4,5)34(35,36)37/h8-19,21H,20H2,1-7H3. The first-order chi connectivity index (χ1) is 18.7. The fraction of sp³-hybridized carbons (Fsp3) is 0.324. The van der Waals surface area contributed by atoms with Gasteiger partial charge in [-0.2, -0.15) is 13.2 Å². The Balaban J connectivity index is 1.57. The van der Waals surface area contributed by atoms with Crippen molar-refractivity contribution < 1.29 is 17.6 Å². The molecule has 3 aromatic carbocycles. The number of alkyl halides is 3. The highest BCUT2D eigenvalue weighted by Gasteiger charge is 2.47. The molecule has 6 heteroatoms. The fourth-order valence-corrected chi connectivity index (χ4v) is 8.38. The lowest BCUT2D eigenvalue weighted by Gasteiger charge is -2.28. The molecule has 40 heavy (non-hydrogen) atoms. The number of halogens is 3. The molecule has 0 aliphatic heterocycles. The van der Waals surface area contributed by atoms with Gasteiger partial charge in [0, 0.05) is 17.1 Å². The van der Waals surface area contributed by atoms with Gasteiger partial charge in [-0.15, -0.1) is 0 Å². The number of pyridine rings is 1. The molecule has 0 fully saturated rings. The van der Waals surface area contributed by atoms with E-state index >= 15 is 0 Å². The maximum Gasteiger partial charge on any atom is 0.394 e. The summed E-state index contributed by atoms with van der Waals surface area (Å²) in [4.78, 5) is 4.79. The molecule has 208 valence electrons. The molecular weight excluding hydrogens is 523 g/mol. The highest BCUT2D eigenvalue weighted by atomic mass is 28.3. The summed E-state index contributed by atoms with van der Waals surface area (Å²) in [6, 6.07) is 22.5. The van der Waals surface area contributed by atoms with Crippen molar-refractivity contribution in [2.45, 2.75) is 66.2 Å². The number of rotatable bonds is 6. The predicted molar refractivity (Wildman–Crippen MR) is 163 cm³/mol. The molecule has 0 unspecified atom stereocenters. The van der Waals surface area contributed by atoms with Crippen LogP contribution in [0.4, 0.5) is 13.2 Å². The lowest BCUT2D eigenvalue weighted by atomic mass is 9.85. The van der Waals surface area contributed by atoms with E-state index in [9.17, 15) is 13.2 Å². The molecule has 0 saturated carbocycles. The highest BCUT2D eigenvalue weighted by molar-refractivity contribution is 7.00. The number of fused-ring (bicyclic) bond motifs is 2. The summed E-state index contributed by atoms with van der Waals surface area (Å²) in [7, 11) is -2.31. The van der Waals surface area contributed by atoms with E-state index in [1.165, 1.54) is 30.2 Å². The zero-order chi connectivity index (χ0) is 29.0. The van der Waals surface area contributed by atoms with Crippen LogP contribution >= 0.6 is 0 Å². The van der Waals surface area contributed by atoms with Crippen LogP contribution in [0.1, 0.15) is 50.3 Å². The Morgan fingerprint density at radius 3 is 2.23 bits per heavy atom. The third-order valence-corrected chi connectivity index (χ3v) is 11.7. The number of aryl methyl sites for hydroxylation is 1. The summed E-state index contributed by atoms with van der Waals surface area (Å²) in [6.07, 6.45) is -2.46. The van der Waals surface area contributed by atoms with Crippen molar-refractivity contribution in [3.05, 3.63) is 89.6 Å². The molecule has 0 radical (unpaired) electrons. The Labute approximate surface area is 235 Å². The zero-order valence-electron chi connectivity index (χ0n) is 24.2. The Bertz CT molecular complexity index is 1700. The van der Waals surface area contributed by atoms with Gasteiger partial charge < -0.3 is 4.42 Å². The van der Waals surface area contributed by atoms with Gasteiger partial charge in [0.15, 0.2) is 13.7 Å². The maximum absolute atomic E-state index is 13.4.